The van der Waals surface area contributed by atoms with Gasteiger partial charge in [0.25, 0.3) is 11.8 Å². The van der Waals surface area contributed by atoms with Gasteiger partial charge in [-0.25, -0.2) is 0 Å². The Bertz CT molecular complexity index is 1050. The van der Waals surface area contributed by atoms with Crippen LogP contribution < -0.4 is 10.6 Å². The number of nitrogens with one attached hydrogen (secondary N) is 3. The summed E-state index contributed by atoms with van der Waals surface area (Å²) in [6, 6.07) is 20.1. The van der Waals surface area contributed by atoms with Gasteiger partial charge in [-0.05, 0) is 42.0 Å². The molecule has 0 fully saturated rings. The van der Waals surface area contributed by atoms with Crippen molar-refractivity contribution in [1.29, 1.82) is 0 Å². The van der Waals surface area contributed by atoms with Crippen molar-refractivity contribution in [2.45, 2.75) is 6.54 Å². The highest BCUT2D eigenvalue weighted by molar-refractivity contribution is 6.02. The van der Waals surface area contributed by atoms with Crippen molar-refractivity contribution in [2.24, 2.45) is 0 Å². The number of carbonyl (C=O) groups excluding carboxylic acids is 2. The molecule has 2 amide bonds. The van der Waals surface area contributed by atoms with Crippen LogP contribution in [0.1, 0.15) is 26.6 Å². The maximum Gasteiger partial charge on any atom is 0.291 e. The van der Waals surface area contributed by atoms with E-state index < -0.39 is 0 Å². The lowest BCUT2D eigenvalue weighted by Crippen LogP contribution is -2.23. The molecule has 0 aliphatic heterocycles. The highest BCUT2D eigenvalue weighted by Crippen LogP contribution is 2.15. The number of furan rings is 1. The van der Waals surface area contributed by atoms with Crippen LogP contribution in [-0.4, -0.2) is 16.8 Å². The highest BCUT2D eigenvalue weighted by atomic mass is 16.3. The van der Waals surface area contributed by atoms with E-state index in [4.69, 9.17) is 4.42 Å². The van der Waals surface area contributed by atoms with Gasteiger partial charge < -0.3 is 20.0 Å². The summed E-state index contributed by atoms with van der Waals surface area (Å²) in [7, 11) is 0. The molecule has 134 valence electrons. The second-order valence-corrected chi connectivity index (χ2v) is 6.08. The average Bonchev–Trinajstić information content (AvgIpc) is 3.37. The third kappa shape index (κ3) is 3.74. The van der Waals surface area contributed by atoms with Crippen LogP contribution in [0.2, 0.25) is 0 Å². The summed E-state index contributed by atoms with van der Waals surface area (Å²) < 4.78 is 5.06. The van der Waals surface area contributed by atoms with E-state index in [2.05, 4.69) is 15.6 Å². The first kappa shape index (κ1) is 16.7. The number of aromatic amines is 1. The van der Waals surface area contributed by atoms with Crippen LogP contribution in [0.15, 0.2) is 77.4 Å². The lowest BCUT2D eigenvalue weighted by molar-refractivity contribution is 0.0945. The molecule has 0 radical (unpaired) electrons. The van der Waals surface area contributed by atoms with Gasteiger partial charge in [-0.1, -0.05) is 30.3 Å². The van der Waals surface area contributed by atoms with E-state index in [1.807, 2.05) is 42.5 Å². The van der Waals surface area contributed by atoms with Crippen LogP contribution in [0.5, 0.6) is 0 Å². The SMILES string of the molecule is O=C(NCc1ccc(NC(=O)c2ccco2)cc1)c1cc2ccccc2[nH]1. The molecule has 6 nitrogen and oxygen atoms in total. The van der Waals surface area contributed by atoms with Gasteiger partial charge in [0, 0.05) is 23.1 Å². The monoisotopic (exact) mass is 359 g/mol. The van der Waals surface area contributed by atoms with Crippen LogP contribution in [0, 0.1) is 0 Å². The standard InChI is InChI=1S/C21H17N3O3/c25-20(18-12-15-4-1-2-5-17(15)24-18)22-13-14-7-9-16(10-8-14)23-21(26)19-6-3-11-27-19/h1-12,24H,13H2,(H,22,25)(H,23,26). The Balaban J connectivity index is 1.35. The second kappa shape index (κ2) is 7.21. The molecule has 0 spiro atoms. The molecule has 0 saturated carbocycles. The van der Waals surface area contributed by atoms with Crippen molar-refractivity contribution in [1.82, 2.24) is 10.3 Å². The van der Waals surface area contributed by atoms with E-state index in [1.165, 1.54) is 6.26 Å². The van der Waals surface area contributed by atoms with Crippen LogP contribution in [0.4, 0.5) is 5.69 Å². The van der Waals surface area contributed by atoms with Crippen molar-refractivity contribution in [3.05, 3.63) is 90.0 Å². The predicted octanol–water partition coefficient (Wildman–Crippen LogP) is 3.94. The Morgan fingerprint density at radius 2 is 1.74 bits per heavy atom. The van der Waals surface area contributed by atoms with E-state index in [-0.39, 0.29) is 17.6 Å². The normalized spacial score (nSPS) is 10.7. The zero-order chi connectivity index (χ0) is 18.6. The van der Waals surface area contributed by atoms with Crippen molar-refractivity contribution in [3.63, 3.8) is 0 Å². The minimum atomic E-state index is -0.306. The van der Waals surface area contributed by atoms with Gasteiger partial charge in [0.05, 0.1) is 6.26 Å². The molecule has 0 unspecified atom stereocenters. The van der Waals surface area contributed by atoms with Crippen LogP contribution in [-0.2, 0) is 6.54 Å². The summed E-state index contributed by atoms with van der Waals surface area (Å²) in [6.45, 7) is 0.389. The highest BCUT2D eigenvalue weighted by Gasteiger charge is 2.10. The van der Waals surface area contributed by atoms with Crippen LogP contribution in [0.3, 0.4) is 0 Å². The van der Waals surface area contributed by atoms with Gasteiger partial charge in [-0.3, -0.25) is 9.59 Å². The number of amides is 2. The molecule has 3 N–H and O–H groups in total. The Morgan fingerprint density at radius 1 is 0.926 bits per heavy atom. The van der Waals surface area contributed by atoms with E-state index in [0.717, 1.165) is 16.5 Å². The maximum absolute atomic E-state index is 12.3. The average molecular weight is 359 g/mol. The number of para-hydroxylation sites is 1. The number of H-pyrrole nitrogens is 1. The zero-order valence-electron chi connectivity index (χ0n) is 14.4. The molecular formula is C21H17N3O3. The number of hydrogen-bond acceptors (Lipinski definition) is 3. The summed E-state index contributed by atoms with van der Waals surface area (Å²) >= 11 is 0. The van der Waals surface area contributed by atoms with Crippen molar-refractivity contribution in [2.75, 3.05) is 5.32 Å². The van der Waals surface area contributed by atoms with Crippen molar-refractivity contribution in [3.8, 4) is 0 Å². The zero-order valence-corrected chi connectivity index (χ0v) is 14.4. The van der Waals surface area contributed by atoms with Crippen LogP contribution in [0.25, 0.3) is 10.9 Å². The molecule has 4 aromatic rings. The lowest BCUT2D eigenvalue weighted by Gasteiger charge is -2.06. The fourth-order valence-corrected chi connectivity index (χ4v) is 2.78. The summed E-state index contributed by atoms with van der Waals surface area (Å²) in [6.07, 6.45) is 1.45. The maximum atomic E-state index is 12.3. The summed E-state index contributed by atoms with van der Waals surface area (Å²) in [5, 5.41) is 6.64. The quantitative estimate of drug-likeness (QED) is 0.504. The first-order chi connectivity index (χ1) is 13.2. The Hall–Kier alpha value is -3.80. The van der Waals surface area contributed by atoms with Gasteiger partial charge in [0.1, 0.15) is 5.69 Å². The fourth-order valence-electron chi connectivity index (χ4n) is 2.78. The van der Waals surface area contributed by atoms with E-state index in [9.17, 15) is 9.59 Å². The Kier molecular flexibility index (Phi) is 4.45. The third-order valence-electron chi connectivity index (χ3n) is 4.18. The molecule has 4 rings (SSSR count). The number of rotatable bonds is 5. The molecule has 0 aliphatic rings. The number of anilines is 1. The number of benzene rings is 2. The molecule has 2 aromatic carbocycles. The summed E-state index contributed by atoms with van der Waals surface area (Å²) in [4.78, 5) is 27.4. The minimum Gasteiger partial charge on any atom is -0.459 e. The molecule has 6 heteroatoms. The topological polar surface area (TPSA) is 87.1 Å². The number of fused-ring (bicyclic) bond motifs is 1. The predicted molar refractivity (Wildman–Crippen MR) is 103 cm³/mol. The van der Waals surface area contributed by atoms with Gasteiger partial charge in [-0.15, -0.1) is 0 Å². The molecule has 0 aliphatic carbocycles. The van der Waals surface area contributed by atoms with Gasteiger partial charge in [0.2, 0.25) is 0 Å². The molecular weight excluding hydrogens is 342 g/mol. The molecule has 2 aromatic heterocycles. The van der Waals surface area contributed by atoms with Crippen LogP contribution >= 0.6 is 0 Å². The van der Waals surface area contributed by atoms with E-state index in [0.29, 0.717) is 17.9 Å². The number of aromatic nitrogens is 1. The van der Waals surface area contributed by atoms with Gasteiger partial charge in [-0.2, -0.15) is 0 Å². The minimum absolute atomic E-state index is 0.165. The van der Waals surface area contributed by atoms with Crippen molar-refractivity contribution < 1.29 is 14.0 Å². The van der Waals surface area contributed by atoms with E-state index >= 15 is 0 Å². The largest absolute Gasteiger partial charge is 0.459 e. The molecule has 0 saturated heterocycles. The third-order valence-corrected chi connectivity index (χ3v) is 4.18. The number of hydrogen-bond donors (Lipinski definition) is 3. The van der Waals surface area contributed by atoms with Gasteiger partial charge in [0.15, 0.2) is 5.76 Å². The van der Waals surface area contributed by atoms with Gasteiger partial charge >= 0.3 is 0 Å². The first-order valence-electron chi connectivity index (χ1n) is 8.49. The number of carbonyl (C=O) groups is 2. The Labute approximate surface area is 155 Å². The fraction of sp³-hybridized carbons (Fsp3) is 0.0476. The lowest BCUT2D eigenvalue weighted by atomic mass is 10.2. The summed E-state index contributed by atoms with van der Waals surface area (Å²) in [5.74, 6) is -0.217. The van der Waals surface area contributed by atoms with Crippen molar-refractivity contribution >= 4 is 28.4 Å². The molecule has 27 heavy (non-hydrogen) atoms. The van der Waals surface area contributed by atoms with E-state index in [1.54, 1.807) is 24.3 Å². The first-order valence-corrected chi connectivity index (χ1v) is 8.49. The Morgan fingerprint density at radius 3 is 2.48 bits per heavy atom. The second-order valence-electron chi connectivity index (χ2n) is 6.08. The molecule has 0 bridgehead atoms. The summed E-state index contributed by atoms with van der Waals surface area (Å²) in [5.41, 5.74) is 3.04. The molecule has 2 heterocycles. The smallest absolute Gasteiger partial charge is 0.291 e. The molecule has 0 atom stereocenters.